The Morgan fingerprint density at radius 2 is 1.81 bits per heavy atom. The van der Waals surface area contributed by atoms with Crippen LogP contribution >= 0.6 is 0 Å². The van der Waals surface area contributed by atoms with Crippen molar-refractivity contribution in [3.8, 4) is 16.9 Å². The van der Waals surface area contributed by atoms with Crippen LogP contribution in [0.3, 0.4) is 0 Å². The summed E-state index contributed by atoms with van der Waals surface area (Å²) in [6.07, 6.45) is 3.62. The molecule has 3 rings (SSSR count). The Bertz CT molecular complexity index is 529. The molecule has 80 valence electrons. The highest BCUT2D eigenvalue weighted by atomic mass is 16.3. The second-order valence-electron chi connectivity index (χ2n) is 4.35. The normalized spacial score (nSPS) is 13.8. The Morgan fingerprint density at radius 3 is 2.69 bits per heavy atom. The average molecular weight is 210 g/mol. The van der Waals surface area contributed by atoms with Crippen LogP contribution in [0, 0.1) is 0 Å². The topological polar surface area (TPSA) is 20.2 Å². The lowest BCUT2D eigenvalue weighted by atomic mass is 9.97. The van der Waals surface area contributed by atoms with Gasteiger partial charge >= 0.3 is 0 Å². The molecular formula is C15H14O. The Labute approximate surface area is 95.4 Å². The third-order valence-corrected chi connectivity index (χ3v) is 3.30. The molecule has 0 saturated heterocycles. The first-order valence-corrected chi connectivity index (χ1v) is 5.75. The predicted molar refractivity (Wildman–Crippen MR) is 65.6 cm³/mol. The summed E-state index contributed by atoms with van der Waals surface area (Å²) < 4.78 is 0. The van der Waals surface area contributed by atoms with E-state index in [4.69, 9.17) is 0 Å². The highest BCUT2D eigenvalue weighted by Gasteiger charge is 2.15. The van der Waals surface area contributed by atoms with Gasteiger partial charge in [0.1, 0.15) is 5.75 Å². The van der Waals surface area contributed by atoms with Gasteiger partial charge in [-0.2, -0.15) is 0 Å². The number of fused-ring (bicyclic) bond motifs is 1. The zero-order valence-electron chi connectivity index (χ0n) is 9.11. The molecule has 0 radical (unpaired) electrons. The van der Waals surface area contributed by atoms with Crippen molar-refractivity contribution in [2.75, 3.05) is 0 Å². The van der Waals surface area contributed by atoms with Crippen molar-refractivity contribution in [3.63, 3.8) is 0 Å². The molecule has 2 aromatic carbocycles. The highest BCUT2D eigenvalue weighted by Crippen LogP contribution is 2.33. The van der Waals surface area contributed by atoms with Gasteiger partial charge in [0.25, 0.3) is 0 Å². The van der Waals surface area contributed by atoms with E-state index in [1.807, 2.05) is 12.1 Å². The summed E-state index contributed by atoms with van der Waals surface area (Å²) in [5.74, 6) is 0.341. The first kappa shape index (κ1) is 9.46. The van der Waals surface area contributed by atoms with Crippen LogP contribution < -0.4 is 0 Å². The van der Waals surface area contributed by atoms with Crippen LogP contribution in [0.25, 0.3) is 11.1 Å². The predicted octanol–water partition coefficient (Wildman–Crippen LogP) is 3.55. The standard InChI is InChI=1S/C15H14O/c16-13-7-1-6-12(10-13)15-9-3-5-11-4-2-8-14(11)15/h1,3,5-7,9-10,16H,2,4,8H2. The third-order valence-electron chi connectivity index (χ3n) is 3.30. The Hall–Kier alpha value is -1.76. The van der Waals surface area contributed by atoms with Gasteiger partial charge in [-0.15, -0.1) is 0 Å². The maximum atomic E-state index is 9.52. The average Bonchev–Trinajstić information content (AvgIpc) is 2.76. The molecule has 1 nitrogen and oxygen atoms in total. The van der Waals surface area contributed by atoms with E-state index in [-0.39, 0.29) is 0 Å². The van der Waals surface area contributed by atoms with E-state index in [1.165, 1.54) is 36.0 Å². The van der Waals surface area contributed by atoms with Gasteiger partial charge in [-0.05, 0) is 53.6 Å². The molecule has 0 saturated carbocycles. The molecule has 0 fully saturated rings. The van der Waals surface area contributed by atoms with Crippen molar-refractivity contribution in [2.45, 2.75) is 19.3 Å². The SMILES string of the molecule is Oc1cccc(-c2cccc3c2CCC3)c1. The number of phenols is 1. The van der Waals surface area contributed by atoms with E-state index in [0.717, 1.165) is 5.56 Å². The fourth-order valence-electron chi connectivity index (χ4n) is 2.56. The first-order chi connectivity index (χ1) is 7.84. The number of benzene rings is 2. The van der Waals surface area contributed by atoms with Crippen molar-refractivity contribution in [1.82, 2.24) is 0 Å². The van der Waals surface area contributed by atoms with Gasteiger partial charge in [-0.25, -0.2) is 0 Å². The smallest absolute Gasteiger partial charge is 0.116 e. The number of hydrogen-bond acceptors (Lipinski definition) is 1. The van der Waals surface area contributed by atoms with E-state index >= 15 is 0 Å². The molecule has 2 aromatic rings. The van der Waals surface area contributed by atoms with Crippen molar-refractivity contribution in [1.29, 1.82) is 0 Å². The molecule has 0 spiro atoms. The number of rotatable bonds is 1. The van der Waals surface area contributed by atoms with Crippen LogP contribution in [-0.2, 0) is 12.8 Å². The molecular weight excluding hydrogens is 196 g/mol. The quantitative estimate of drug-likeness (QED) is 0.763. The lowest BCUT2D eigenvalue weighted by Gasteiger charge is -2.08. The van der Waals surface area contributed by atoms with E-state index in [9.17, 15) is 5.11 Å². The Morgan fingerprint density at radius 1 is 0.938 bits per heavy atom. The van der Waals surface area contributed by atoms with Crippen molar-refractivity contribution >= 4 is 0 Å². The van der Waals surface area contributed by atoms with Crippen LogP contribution in [0.2, 0.25) is 0 Å². The van der Waals surface area contributed by atoms with Crippen LogP contribution in [0.5, 0.6) is 5.75 Å². The second-order valence-corrected chi connectivity index (χ2v) is 4.35. The first-order valence-electron chi connectivity index (χ1n) is 5.75. The van der Waals surface area contributed by atoms with Crippen LogP contribution in [0.15, 0.2) is 42.5 Å². The summed E-state index contributed by atoms with van der Waals surface area (Å²) >= 11 is 0. The van der Waals surface area contributed by atoms with Gasteiger partial charge in [-0.1, -0.05) is 30.3 Å². The van der Waals surface area contributed by atoms with Gasteiger partial charge in [0.05, 0.1) is 0 Å². The number of aromatic hydroxyl groups is 1. The van der Waals surface area contributed by atoms with E-state index in [1.54, 1.807) is 6.07 Å². The maximum Gasteiger partial charge on any atom is 0.116 e. The lowest BCUT2D eigenvalue weighted by Crippen LogP contribution is -1.87. The van der Waals surface area contributed by atoms with Gasteiger partial charge in [-0.3, -0.25) is 0 Å². The molecule has 1 heteroatoms. The summed E-state index contributed by atoms with van der Waals surface area (Å²) in [6.45, 7) is 0. The monoisotopic (exact) mass is 210 g/mol. The molecule has 1 N–H and O–H groups in total. The van der Waals surface area contributed by atoms with Gasteiger partial charge < -0.3 is 5.11 Å². The minimum atomic E-state index is 0.341. The van der Waals surface area contributed by atoms with Gasteiger partial charge in [0.15, 0.2) is 0 Å². The number of hydrogen-bond donors (Lipinski definition) is 1. The fraction of sp³-hybridized carbons (Fsp3) is 0.200. The van der Waals surface area contributed by atoms with Crippen molar-refractivity contribution in [2.24, 2.45) is 0 Å². The lowest BCUT2D eigenvalue weighted by molar-refractivity contribution is 0.475. The summed E-state index contributed by atoms with van der Waals surface area (Å²) in [6, 6.07) is 14.0. The minimum Gasteiger partial charge on any atom is -0.508 e. The van der Waals surface area contributed by atoms with Crippen LogP contribution in [0.4, 0.5) is 0 Å². The zero-order valence-corrected chi connectivity index (χ0v) is 9.11. The summed E-state index contributed by atoms with van der Waals surface area (Å²) in [5, 5.41) is 9.52. The van der Waals surface area contributed by atoms with E-state index in [2.05, 4.69) is 24.3 Å². The highest BCUT2D eigenvalue weighted by molar-refractivity contribution is 5.70. The summed E-state index contributed by atoms with van der Waals surface area (Å²) in [5.41, 5.74) is 5.35. The molecule has 16 heavy (non-hydrogen) atoms. The molecule has 1 aliphatic rings. The Balaban J connectivity index is 2.17. The maximum absolute atomic E-state index is 9.52. The second kappa shape index (κ2) is 3.67. The van der Waals surface area contributed by atoms with E-state index in [0.29, 0.717) is 5.75 Å². The summed E-state index contributed by atoms with van der Waals surface area (Å²) in [7, 11) is 0. The molecule has 0 aliphatic heterocycles. The molecule has 0 atom stereocenters. The number of phenolic OH excluding ortho intramolecular Hbond substituents is 1. The largest absolute Gasteiger partial charge is 0.508 e. The molecule has 0 bridgehead atoms. The molecule has 0 heterocycles. The van der Waals surface area contributed by atoms with E-state index < -0.39 is 0 Å². The third kappa shape index (κ3) is 1.49. The van der Waals surface area contributed by atoms with Gasteiger partial charge in [0.2, 0.25) is 0 Å². The van der Waals surface area contributed by atoms with Crippen molar-refractivity contribution in [3.05, 3.63) is 53.6 Å². The molecule has 0 amide bonds. The zero-order chi connectivity index (χ0) is 11.0. The molecule has 0 unspecified atom stereocenters. The summed E-state index contributed by atoms with van der Waals surface area (Å²) in [4.78, 5) is 0. The number of aryl methyl sites for hydroxylation is 1. The van der Waals surface area contributed by atoms with Crippen molar-refractivity contribution < 1.29 is 5.11 Å². The molecule has 0 aromatic heterocycles. The fourth-order valence-corrected chi connectivity index (χ4v) is 2.56. The minimum absolute atomic E-state index is 0.341. The van der Waals surface area contributed by atoms with Crippen LogP contribution in [-0.4, -0.2) is 5.11 Å². The van der Waals surface area contributed by atoms with Crippen LogP contribution in [0.1, 0.15) is 17.5 Å². The van der Waals surface area contributed by atoms with Gasteiger partial charge in [0, 0.05) is 0 Å². The molecule has 1 aliphatic carbocycles. The Kier molecular flexibility index (Phi) is 2.17.